The molecule has 0 amide bonds. The lowest BCUT2D eigenvalue weighted by molar-refractivity contribution is -0.137. The lowest BCUT2D eigenvalue weighted by atomic mass is 10.2. The van der Waals surface area contributed by atoms with Crippen LogP contribution in [0.3, 0.4) is 0 Å². The molecule has 0 bridgehead atoms. The first-order chi connectivity index (χ1) is 6.32. The van der Waals surface area contributed by atoms with Crippen molar-refractivity contribution in [2.24, 2.45) is 10.7 Å². The number of nitrogens with zero attached hydrogens (tertiary/aromatic N) is 2. The number of hydrogen-bond donors (Lipinski definition) is 6. The lowest BCUT2D eigenvalue weighted by Gasteiger charge is -2.24. The number of carbonyl (C=O) groups is 1. The molecule has 0 aliphatic carbocycles. The molecule has 11 N–H and O–H groups in total. The Labute approximate surface area is 91.5 Å². The number of aliphatic imine (C=N–C) groups is 1. The van der Waals surface area contributed by atoms with Crippen molar-refractivity contribution in [2.45, 2.75) is 12.5 Å². The summed E-state index contributed by atoms with van der Waals surface area (Å²) < 4.78 is 11.4. The van der Waals surface area contributed by atoms with Crippen LogP contribution in [0.2, 0.25) is 0 Å². The zero-order valence-electron chi connectivity index (χ0n) is 8.48. The fourth-order valence-corrected chi connectivity index (χ4v) is 2.14. The van der Waals surface area contributed by atoms with Gasteiger partial charge in [0, 0.05) is 0 Å². The highest BCUT2D eigenvalue weighted by atomic mass is 31.2. The van der Waals surface area contributed by atoms with Crippen LogP contribution in [0, 0.1) is 0 Å². The van der Waals surface area contributed by atoms with Gasteiger partial charge in [-0.25, -0.2) is 9.24 Å². The summed E-state index contributed by atoms with van der Waals surface area (Å²) in [7, 11) is -4.57. The Kier molecular flexibility index (Phi) is 6.21. The molecule has 96 valence electrons. The van der Waals surface area contributed by atoms with Gasteiger partial charge in [0.05, 0.1) is 19.0 Å². The van der Waals surface area contributed by atoms with Crippen LogP contribution in [0.15, 0.2) is 4.99 Å². The first-order valence-corrected chi connectivity index (χ1v) is 5.26. The molecule has 1 rings (SSSR count). The summed E-state index contributed by atoms with van der Waals surface area (Å²) in [5.41, 5.74) is 5.22. The van der Waals surface area contributed by atoms with Crippen molar-refractivity contribution in [2.75, 3.05) is 6.54 Å². The summed E-state index contributed by atoms with van der Waals surface area (Å²) in [6, 6.07) is -0.867. The van der Waals surface area contributed by atoms with E-state index in [1.54, 1.807) is 0 Å². The van der Waals surface area contributed by atoms with Gasteiger partial charge in [-0.15, -0.1) is 0 Å². The van der Waals surface area contributed by atoms with Crippen LogP contribution in [-0.4, -0.2) is 44.1 Å². The summed E-state index contributed by atoms with van der Waals surface area (Å²) in [5.74, 6) is -1.47. The Morgan fingerprint density at radius 3 is 2.44 bits per heavy atom. The lowest BCUT2D eigenvalue weighted by Crippen LogP contribution is -2.39. The van der Waals surface area contributed by atoms with Gasteiger partial charge in [0.25, 0.3) is 0 Å². The minimum atomic E-state index is -4.57. The molecular formula is C5H16N5O5P. The highest BCUT2D eigenvalue weighted by Crippen LogP contribution is 2.43. The predicted molar refractivity (Wildman–Crippen MR) is 56.5 cm³/mol. The van der Waals surface area contributed by atoms with Gasteiger partial charge in [-0.3, -0.25) is 9.79 Å². The molecule has 1 aliphatic rings. The van der Waals surface area contributed by atoms with Crippen LogP contribution in [-0.2, 0) is 9.36 Å². The maximum atomic E-state index is 10.9. The van der Waals surface area contributed by atoms with Crippen LogP contribution in [0.1, 0.15) is 6.42 Å². The predicted octanol–water partition coefficient (Wildman–Crippen LogP) is -1.12. The maximum absolute atomic E-state index is 10.9. The molecule has 0 fully saturated rings. The Morgan fingerprint density at radius 2 is 2.06 bits per heavy atom. The standard InChI is InChI=1S/C5H10N3O5P.2H3N/c6-5-7-2-3(1-4(9)10)8(5)14(11,12)13;;/h3H,1-2H2,(H2,6,7)(H,9,10)(H2,11,12,13);2*1H3. The van der Waals surface area contributed by atoms with Crippen LogP contribution in [0.25, 0.3) is 0 Å². The second-order valence-corrected chi connectivity index (χ2v) is 4.27. The third-order valence-corrected chi connectivity index (χ3v) is 2.83. The van der Waals surface area contributed by atoms with E-state index >= 15 is 0 Å². The van der Waals surface area contributed by atoms with Crippen LogP contribution < -0.4 is 18.0 Å². The SMILES string of the molecule is N.N.NC1=NCC(CC(=O)O)N1P(=O)(O)O. The molecular weight excluding hydrogens is 241 g/mol. The zero-order valence-corrected chi connectivity index (χ0v) is 9.38. The maximum Gasteiger partial charge on any atom is 0.432 e. The largest absolute Gasteiger partial charge is 0.481 e. The van der Waals surface area contributed by atoms with Gasteiger partial charge in [0.15, 0.2) is 0 Å². The fourth-order valence-electron chi connectivity index (χ4n) is 1.23. The minimum Gasteiger partial charge on any atom is -0.481 e. The van der Waals surface area contributed by atoms with Crippen LogP contribution in [0.4, 0.5) is 0 Å². The fraction of sp³-hybridized carbons (Fsp3) is 0.600. The third kappa shape index (κ3) is 3.76. The van der Waals surface area contributed by atoms with Gasteiger partial charge in [0.1, 0.15) is 0 Å². The van der Waals surface area contributed by atoms with Gasteiger partial charge in [-0.2, -0.15) is 0 Å². The van der Waals surface area contributed by atoms with Gasteiger partial charge in [0.2, 0.25) is 5.96 Å². The van der Waals surface area contributed by atoms with E-state index in [4.69, 9.17) is 20.6 Å². The van der Waals surface area contributed by atoms with E-state index in [0.29, 0.717) is 4.67 Å². The van der Waals surface area contributed by atoms with Crippen molar-refractivity contribution in [1.29, 1.82) is 0 Å². The molecule has 0 aromatic heterocycles. The molecule has 0 saturated heterocycles. The molecule has 10 nitrogen and oxygen atoms in total. The number of guanidine groups is 1. The van der Waals surface area contributed by atoms with E-state index in [0.717, 1.165) is 0 Å². The summed E-state index contributed by atoms with van der Waals surface area (Å²) in [6.45, 7) is -0.0107. The number of hydrogen-bond acceptors (Lipinski definition) is 6. The molecule has 0 spiro atoms. The summed E-state index contributed by atoms with van der Waals surface area (Å²) in [5, 5.41) is 8.47. The molecule has 11 heteroatoms. The number of rotatable bonds is 3. The van der Waals surface area contributed by atoms with Crippen LogP contribution >= 0.6 is 7.75 Å². The Bertz CT molecular complexity index is 327. The monoisotopic (exact) mass is 257 g/mol. The molecule has 0 radical (unpaired) electrons. The first kappa shape index (κ1) is 17.2. The molecule has 1 heterocycles. The second-order valence-electron chi connectivity index (χ2n) is 2.81. The molecule has 1 unspecified atom stereocenters. The van der Waals surface area contributed by atoms with E-state index in [2.05, 4.69) is 4.99 Å². The Hall–Kier alpha value is -1.19. The van der Waals surface area contributed by atoms with Crippen molar-refractivity contribution < 1.29 is 24.3 Å². The minimum absolute atomic E-state index is 0. The third-order valence-electron chi connectivity index (χ3n) is 1.74. The second kappa shape index (κ2) is 5.77. The average molecular weight is 257 g/mol. The van der Waals surface area contributed by atoms with Crippen molar-refractivity contribution in [3.05, 3.63) is 0 Å². The van der Waals surface area contributed by atoms with Crippen LogP contribution in [0.5, 0.6) is 0 Å². The smallest absolute Gasteiger partial charge is 0.432 e. The number of aliphatic carboxylic acids is 1. The number of carboxylic acids is 1. The van der Waals surface area contributed by atoms with Gasteiger partial charge in [-0.05, 0) is 0 Å². The number of carboxylic acid groups (broad SMARTS) is 1. The number of nitrogens with two attached hydrogens (primary N) is 1. The summed E-state index contributed by atoms with van der Waals surface area (Å²) in [4.78, 5) is 31.7. The summed E-state index contributed by atoms with van der Waals surface area (Å²) >= 11 is 0. The molecule has 0 aromatic carbocycles. The van der Waals surface area contributed by atoms with E-state index in [-0.39, 0.29) is 24.8 Å². The van der Waals surface area contributed by atoms with Crippen molar-refractivity contribution in [3.8, 4) is 0 Å². The topological polar surface area (TPSA) is 206 Å². The van der Waals surface area contributed by atoms with Crippen molar-refractivity contribution in [3.63, 3.8) is 0 Å². The van der Waals surface area contributed by atoms with Gasteiger partial charge < -0.3 is 32.9 Å². The highest BCUT2D eigenvalue weighted by Gasteiger charge is 2.39. The molecule has 0 aromatic rings. The Balaban J connectivity index is 0. The van der Waals surface area contributed by atoms with E-state index in [1.807, 2.05) is 0 Å². The first-order valence-electron chi connectivity index (χ1n) is 3.69. The van der Waals surface area contributed by atoms with E-state index in [9.17, 15) is 9.36 Å². The normalized spacial score (nSPS) is 19.5. The Morgan fingerprint density at radius 1 is 1.56 bits per heavy atom. The van der Waals surface area contributed by atoms with Crippen molar-refractivity contribution >= 4 is 19.7 Å². The highest BCUT2D eigenvalue weighted by molar-refractivity contribution is 7.50. The van der Waals surface area contributed by atoms with Gasteiger partial charge in [-0.1, -0.05) is 0 Å². The molecule has 1 atom stereocenters. The van der Waals surface area contributed by atoms with Crippen molar-refractivity contribution in [1.82, 2.24) is 17.0 Å². The molecule has 1 aliphatic heterocycles. The molecule has 0 saturated carbocycles. The van der Waals surface area contributed by atoms with E-state index in [1.165, 1.54) is 0 Å². The van der Waals surface area contributed by atoms with Gasteiger partial charge >= 0.3 is 13.7 Å². The molecule has 16 heavy (non-hydrogen) atoms. The zero-order chi connectivity index (χ0) is 10.9. The average Bonchev–Trinajstić information content (AvgIpc) is 2.28. The summed E-state index contributed by atoms with van der Waals surface area (Å²) in [6.07, 6.45) is -0.407. The quantitative estimate of drug-likeness (QED) is 0.337. The van der Waals surface area contributed by atoms with E-state index < -0.39 is 26.2 Å².